The molecule has 0 saturated heterocycles. The summed E-state index contributed by atoms with van der Waals surface area (Å²) >= 11 is 5.85. The Kier molecular flexibility index (Phi) is 6.33. The van der Waals surface area contributed by atoms with Crippen LogP contribution in [0.2, 0.25) is 5.02 Å². The first-order chi connectivity index (χ1) is 11.5. The summed E-state index contributed by atoms with van der Waals surface area (Å²) in [6, 6.07) is 15.1. The van der Waals surface area contributed by atoms with Gasteiger partial charge in [-0.1, -0.05) is 48.0 Å². The number of anilines is 1. The zero-order chi connectivity index (χ0) is 17.4. The molecule has 0 fully saturated rings. The van der Waals surface area contributed by atoms with Crippen LogP contribution in [0.1, 0.15) is 18.4 Å². The molecule has 2 aromatic rings. The molecule has 0 unspecified atom stereocenters. The fraction of sp³-hybridized carbons (Fsp3) is 0.118. The number of hydrogen-bond donors (Lipinski definition) is 2. The Morgan fingerprint density at radius 1 is 1.04 bits per heavy atom. The van der Waals surface area contributed by atoms with Crippen LogP contribution >= 0.6 is 11.6 Å². The Labute approximate surface area is 144 Å². The van der Waals surface area contributed by atoms with Crippen LogP contribution in [-0.2, 0) is 4.79 Å². The second-order valence-corrected chi connectivity index (χ2v) is 5.31. The summed E-state index contributed by atoms with van der Waals surface area (Å²) in [6.07, 6.45) is -0.0465. The number of carboxylic acids is 1. The minimum absolute atomic E-state index is 0.143. The largest absolute Gasteiger partial charge is 0.550 e. The van der Waals surface area contributed by atoms with Crippen molar-refractivity contribution < 1.29 is 14.7 Å². The first-order valence-electron chi connectivity index (χ1n) is 7.19. The van der Waals surface area contributed by atoms with Gasteiger partial charge in [-0.3, -0.25) is 0 Å². The highest BCUT2D eigenvalue weighted by molar-refractivity contribution is 6.30. The first-order valence-corrected chi connectivity index (χ1v) is 7.57. The van der Waals surface area contributed by atoms with Gasteiger partial charge in [-0.05, 0) is 36.6 Å². The molecule has 0 aliphatic rings. The molecule has 0 heterocycles. The average Bonchev–Trinajstić information content (AvgIpc) is 2.55. The van der Waals surface area contributed by atoms with Crippen LogP contribution in [0.25, 0.3) is 0 Å². The maximum absolute atomic E-state index is 11.9. The van der Waals surface area contributed by atoms with Crippen LogP contribution in [-0.4, -0.2) is 17.7 Å². The van der Waals surface area contributed by atoms with E-state index < -0.39 is 12.0 Å². The third kappa shape index (κ3) is 5.73. The van der Waals surface area contributed by atoms with Crippen LogP contribution in [0.4, 0.5) is 10.5 Å². The van der Waals surface area contributed by atoms with Crippen LogP contribution in [0.5, 0.6) is 0 Å². The lowest BCUT2D eigenvalue weighted by Crippen LogP contribution is -2.27. The number of aliphatic carboxylic acids is 1. The lowest BCUT2D eigenvalue weighted by molar-refractivity contribution is -0.305. The molecule has 0 aromatic heterocycles. The van der Waals surface area contributed by atoms with Gasteiger partial charge in [0.2, 0.25) is 0 Å². The molecule has 0 aliphatic heterocycles. The van der Waals surface area contributed by atoms with Gasteiger partial charge in [-0.25, -0.2) is 10.2 Å². The topological polar surface area (TPSA) is 93.6 Å². The van der Waals surface area contributed by atoms with Gasteiger partial charge in [0.25, 0.3) is 0 Å². The van der Waals surface area contributed by atoms with Gasteiger partial charge in [0.05, 0.1) is 5.71 Å². The molecule has 6 nitrogen and oxygen atoms in total. The minimum atomic E-state index is -1.18. The molecule has 0 radical (unpaired) electrons. The first kappa shape index (κ1) is 17.5. The van der Waals surface area contributed by atoms with E-state index in [9.17, 15) is 14.7 Å². The number of hydrazone groups is 1. The van der Waals surface area contributed by atoms with E-state index in [1.807, 2.05) is 6.07 Å². The Bertz CT molecular complexity index is 748. The summed E-state index contributed by atoms with van der Waals surface area (Å²) in [5.41, 5.74) is 4.04. The van der Waals surface area contributed by atoms with Gasteiger partial charge in [-0.2, -0.15) is 5.10 Å². The number of urea groups is 1. The number of nitrogens with one attached hydrogen (secondary N) is 2. The molecule has 0 aliphatic carbocycles. The van der Waals surface area contributed by atoms with Crippen molar-refractivity contribution in [2.45, 2.75) is 12.8 Å². The molecule has 2 N–H and O–H groups in total. The third-order valence-electron chi connectivity index (χ3n) is 3.05. The molecule has 0 spiro atoms. The zero-order valence-corrected chi connectivity index (χ0v) is 13.4. The Morgan fingerprint density at radius 2 is 1.79 bits per heavy atom. The normalized spacial score (nSPS) is 11.0. The van der Waals surface area contributed by atoms with Gasteiger partial charge < -0.3 is 15.2 Å². The average molecular weight is 345 g/mol. The van der Waals surface area contributed by atoms with E-state index in [-0.39, 0.29) is 12.8 Å². The standard InChI is InChI=1S/C17H16ClN3O3/c18-13-7-4-8-14(11-13)19-17(24)21-20-15(9-10-16(22)23)12-5-2-1-3-6-12/h1-8,11H,9-10H2,(H,22,23)(H2,19,21,24)/p-1/b20-15-. The monoisotopic (exact) mass is 344 g/mol. The molecule has 24 heavy (non-hydrogen) atoms. The summed E-state index contributed by atoms with van der Waals surface area (Å²) in [7, 11) is 0. The summed E-state index contributed by atoms with van der Waals surface area (Å²) in [6.45, 7) is 0. The van der Waals surface area contributed by atoms with Crippen LogP contribution in [0.3, 0.4) is 0 Å². The van der Waals surface area contributed by atoms with E-state index in [1.54, 1.807) is 48.5 Å². The molecule has 0 saturated carbocycles. The maximum Gasteiger partial charge on any atom is 0.339 e. The maximum atomic E-state index is 11.9. The van der Waals surface area contributed by atoms with Gasteiger partial charge in [-0.15, -0.1) is 0 Å². The summed E-state index contributed by atoms with van der Waals surface area (Å²) in [5.74, 6) is -1.18. The molecule has 2 aromatic carbocycles. The predicted octanol–water partition coefficient (Wildman–Crippen LogP) is 2.40. The molecule has 124 valence electrons. The third-order valence-corrected chi connectivity index (χ3v) is 3.28. The number of halogens is 1. The fourth-order valence-electron chi connectivity index (χ4n) is 1.96. The van der Waals surface area contributed by atoms with E-state index in [4.69, 9.17) is 11.6 Å². The predicted molar refractivity (Wildman–Crippen MR) is 90.8 cm³/mol. The number of rotatable bonds is 6. The van der Waals surface area contributed by atoms with Gasteiger partial charge in [0.15, 0.2) is 0 Å². The van der Waals surface area contributed by atoms with Gasteiger partial charge >= 0.3 is 6.03 Å². The van der Waals surface area contributed by atoms with Gasteiger partial charge in [0, 0.05) is 16.7 Å². The molecule has 7 heteroatoms. The molecular weight excluding hydrogens is 330 g/mol. The van der Waals surface area contributed by atoms with E-state index >= 15 is 0 Å². The molecular formula is C17H15ClN3O3-. The summed E-state index contributed by atoms with van der Waals surface area (Å²) in [5, 5.41) is 17.8. The highest BCUT2D eigenvalue weighted by atomic mass is 35.5. The van der Waals surface area contributed by atoms with Crippen molar-refractivity contribution in [2.75, 3.05) is 5.32 Å². The number of carbonyl (C=O) groups is 2. The second kappa shape index (κ2) is 8.69. The molecule has 2 rings (SSSR count). The highest BCUT2D eigenvalue weighted by Crippen LogP contribution is 2.14. The number of benzene rings is 2. The minimum Gasteiger partial charge on any atom is -0.550 e. The van der Waals surface area contributed by atoms with Crippen LogP contribution in [0, 0.1) is 0 Å². The molecule has 0 bridgehead atoms. The van der Waals surface area contributed by atoms with E-state index in [2.05, 4.69) is 15.8 Å². The Balaban J connectivity index is 2.05. The van der Waals surface area contributed by atoms with Crippen molar-refractivity contribution >= 4 is 35.0 Å². The van der Waals surface area contributed by atoms with Crippen LogP contribution in [0.15, 0.2) is 59.7 Å². The van der Waals surface area contributed by atoms with E-state index in [0.29, 0.717) is 16.4 Å². The van der Waals surface area contributed by atoms with Crippen molar-refractivity contribution in [1.29, 1.82) is 0 Å². The van der Waals surface area contributed by atoms with Gasteiger partial charge in [0.1, 0.15) is 0 Å². The van der Waals surface area contributed by atoms with Crippen molar-refractivity contribution in [2.24, 2.45) is 5.10 Å². The number of carboxylic acid groups (broad SMARTS) is 1. The van der Waals surface area contributed by atoms with Crippen molar-refractivity contribution in [3.8, 4) is 0 Å². The summed E-state index contributed by atoms with van der Waals surface area (Å²) < 4.78 is 0. The van der Waals surface area contributed by atoms with Crippen molar-refractivity contribution in [3.63, 3.8) is 0 Å². The summed E-state index contributed by atoms with van der Waals surface area (Å²) in [4.78, 5) is 22.6. The zero-order valence-electron chi connectivity index (χ0n) is 12.7. The van der Waals surface area contributed by atoms with E-state index in [1.165, 1.54) is 0 Å². The number of nitrogens with zero attached hydrogens (tertiary/aromatic N) is 1. The van der Waals surface area contributed by atoms with Crippen molar-refractivity contribution in [1.82, 2.24) is 5.43 Å². The molecule has 2 amide bonds. The van der Waals surface area contributed by atoms with Crippen LogP contribution < -0.4 is 15.8 Å². The lowest BCUT2D eigenvalue weighted by Gasteiger charge is -2.09. The second-order valence-electron chi connectivity index (χ2n) is 4.87. The SMILES string of the molecule is O=C([O-])CC/C(=N/NC(=O)Nc1cccc(Cl)c1)c1ccccc1. The smallest absolute Gasteiger partial charge is 0.339 e. The Morgan fingerprint density at radius 3 is 2.46 bits per heavy atom. The lowest BCUT2D eigenvalue weighted by atomic mass is 10.1. The van der Waals surface area contributed by atoms with Crippen molar-refractivity contribution in [3.05, 3.63) is 65.2 Å². The molecule has 0 atom stereocenters. The fourth-order valence-corrected chi connectivity index (χ4v) is 2.15. The Hall–Kier alpha value is -2.86. The quantitative estimate of drug-likeness (QED) is 0.622. The number of amides is 2. The number of carbonyl (C=O) groups excluding carboxylic acids is 2. The highest BCUT2D eigenvalue weighted by Gasteiger charge is 2.06. The number of hydrogen-bond acceptors (Lipinski definition) is 4. The van der Waals surface area contributed by atoms with E-state index in [0.717, 1.165) is 5.56 Å².